The molecule has 3 aromatic rings. The highest BCUT2D eigenvalue weighted by atomic mass is 19.2. The van der Waals surface area contributed by atoms with Crippen LogP contribution in [0.3, 0.4) is 0 Å². The number of carbonyl (C=O) groups is 1. The predicted molar refractivity (Wildman–Crippen MR) is 142 cm³/mol. The Hall–Kier alpha value is -4.46. The van der Waals surface area contributed by atoms with Gasteiger partial charge in [-0.2, -0.15) is 0 Å². The maximum Gasteiger partial charge on any atom is 0.257 e. The molecule has 0 unspecified atom stereocenters. The Morgan fingerprint density at radius 1 is 1.07 bits per heavy atom. The number of nitrogens with two attached hydrogens (primary N) is 1. The number of hydrogen-bond donors (Lipinski definition) is 7. The lowest BCUT2D eigenvalue weighted by atomic mass is 10.1. The normalized spacial score (nSPS) is 11.6. The van der Waals surface area contributed by atoms with Crippen molar-refractivity contribution < 1.29 is 43.6 Å². The van der Waals surface area contributed by atoms with Crippen LogP contribution in [0.1, 0.15) is 40.9 Å². The van der Waals surface area contributed by atoms with Crippen LogP contribution in [-0.4, -0.2) is 51.3 Å². The van der Waals surface area contributed by atoms with E-state index in [1.807, 2.05) is 0 Å². The number of anilines is 2. The summed E-state index contributed by atoms with van der Waals surface area (Å²) in [6.07, 6.45) is -2.08. The second-order valence-corrected chi connectivity index (χ2v) is 8.88. The topological polar surface area (TPSA) is 179 Å². The van der Waals surface area contributed by atoms with Gasteiger partial charge in [0.2, 0.25) is 0 Å². The molecule has 0 aromatic heterocycles. The van der Waals surface area contributed by atoms with Crippen LogP contribution < -0.4 is 25.8 Å². The van der Waals surface area contributed by atoms with Crippen LogP contribution in [0, 0.1) is 11.6 Å². The van der Waals surface area contributed by atoms with E-state index in [-0.39, 0.29) is 47.8 Å². The molecule has 0 radical (unpaired) electrons. The summed E-state index contributed by atoms with van der Waals surface area (Å²) in [5, 5.41) is 45.5. The number of amides is 1. The molecule has 11 nitrogen and oxygen atoms in total. The number of carbonyl (C=O) groups excluding carboxylic acids is 1. The average Bonchev–Trinajstić information content (AvgIpc) is 2.92. The monoisotopic (exact) mass is 560 g/mol. The molecule has 3 aromatic carbocycles. The van der Waals surface area contributed by atoms with Gasteiger partial charge in [0.25, 0.3) is 5.91 Å². The van der Waals surface area contributed by atoms with Crippen molar-refractivity contribution in [1.82, 2.24) is 0 Å². The quantitative estimate of drug-likeness (QED) is 0.0577. The van der Waals surface area contributed by atoms with E-state index in [9.17, 15) is 28.9 Å². The van der Waals surface area contributed by atoms with Gasteiger partial charge in [-0.05, 0) is 61.9 Å². The smallest absolute Gasteiger partial charge is 0.257 e. The molecule has 214 valence electrons. The number of aliphatic hydroxyl groups is 3. The molecule has 0 spiro atoms. The number of ether oxygens (including phenoxy) is 2. The standard InChI is InChI=1S/C27H30F2N4O7/c1-14(2)40-23-8-15(12-34)7-17(25(23)39-13-24(35)36)11-31-22-10-21(29)20(28)9-19(22)27(37)32-18-5-3-16(4-6-18)26(30)33-38/h3-10,14,24,31,34-36,38H,11-13H2,1-2H3,(H2,30,33)(H,32,37). The fraction of sp³-hybridized carbons (Fsp3) is 0.259. The lowest BCUT2D eigenvalue weighted by molar-refractivity contribution is -0.0686. The first-order valence-electron chi connectivity index (χ1n) is 12.1. The molecule has 0 atom stereocenters. The van der Waals surface area contributed by atoms with Gasteiger partial charge in [0.05, 0.1) is 24.0 Å². The molecule has 0 heterocycles. The molecular formula is C27H30F2N4O7. The Labute approximate surface area is 228 Å². The first-order valence-corrected chi connectivity index (χ1v) is 12.1. The summed E-state index contributed by atoms with van der Waals surface area (Å²) < 4.78 is 39.7. The first kappa shape index (κ1) is 30.1. The molecular weight excluding hydrogens is 530 g/mol. The fourth-order valence-corrected chi connectivity index (χ4v) is 3.66. The zero-order chi connectivity index (χ0) is 29.4. The van der Waals surface area contributed by atoms with Crippen LogP contribution in [0.15, 0.2) is 53.7 Å². The molecule has 8 N–H and O–H groups in total. The lowest BCUT2D eigenvalue weighted by Crippen LogP contribution is -2.19. The maximum atomic E-state index is 14.2. The van der Waals surface area contributed by atoms with Gasteiger partial charge in [-0.1, -0.05) is 5.16 Å². The van der Waals surface area contributed by atoms with E-state index >= 15 is 0 Å². The number of amidine groups is 1. The van der Waals surface area contributed by atoms with Gasteiger partial charge >= 0.3 is 0 Å². The van der Waals surface area contributed by atoms with Crippen LogP contribution in [0.4, 0.5) is 20.2 Å². The Bertz CT molecular complexity index is 1370. The predicted octanol–water partition coefficient (Wildman–Crippen LogP) is 2.89. The molecule has 3 rings (SSSR count). The number of hydrogen-bond acceptors (Lipinski definition) is 9. The maximum absolute atomic E-state index is 14.2. The highest BCUT2D eigenvalue weighted by Gasteiger charge is 2.20. The summed E-state index contributed by atoms with van der Waals surface area (Å²) >= 11 is 0. The summed E-state index contributed by atoms with van der Waals surface area (Å²) in [4.78, 5) is 13.0. The minimum atomic E-state index is -1.78. The van der Waals surface area contributed by atoms with Crippen LogP contribution in [-0.2, 0) is 13.2 Å². The van der Waals surface area contributed by atoms with Gasteiger partial charge in [-0.3, -0.25) is 4.79 Å². The Balaban J connectivity index is 1.93. The number of aliphatic hydroxyl groups excluding tert-OH is 2. The molecule has 0 fully saturated rings. The molecule has 40 heavy (non-hydrogen) atoms. The fourth-order valence-electron chi connectivity index (χ4n) is 3.66. The molecule has 0 bridgehead atoms. The van der Waals surface area contributed by atoms with E-state index in [0.29, 0.717) is 22.4 Å². The number of nitrogens with one attached hydrogen (secondary N) is 2. The molecule has 0 aliphatic carbocycles. The van der Waals surface area contributed by atoms with E-state index in [2.05, 4.69) is 15.8 Å². The van der Waals surface area contributed by atoms with Crippen molar-refractivity contribution in [3.8, 4) is 11.5 Å². The SMILES string of the molecule is CC(C)Oc1cc(CO)cc(CNc2cc(F)c(F)cc2C(=O)Nc2ccc(/C(N)=N/O)cc2)c1OCC(O)O. The first-order chi connectivity index (χ1) is 19.0. The van der Waals surface area contributed by atoms with Crippen LogP contribution in [0.2, 0.25) is 0 Å². The van der Waals surface area contributed by atoms with Crippen LogP contribution in [0.5, 0.6) is 11.5 Å². The lowest BCUT2D eigenvalue weighted by Gasteiger charge is -2.21. The Morgan fingerprint density at radius 3 is 2.35 bits per heavy atom. The minimum absolute atomic E-state index is 0.0569. The van der Waals surface area contributed by atoms with E-state index in [0.717, 1.165) is 12.1 Å². The van der Waals surface area contributed by atoms with Crippen molar-refractivity contribution in [2.24, 2.45) is 10.9 Å². The average molecular weight is 561 g/mol. The second kappa shape index (κ2) is 13.6. The van der Waals surface area contributed by atoms with E-state index in [1.54, 1.807) is 19.9 Å². The van der Waals surface area contributed by atoms with Crippen molar-refractivity contribution in [3.05, 3.63) is 82.4 Å². The highest BCUT2D eigenvalue weighted by Crippen LogP contribution is 2.35. The zero-order valence-corrected chi connectivity index (χ0v) is 21.7. The molecule has 0 aliphatic heterocycles. The third-order valence-corrected chi connectivity index (χ3v) is 5.43. The number of nitrogens with zero attached hydrogens (tertiary/aromatic N) is 1. The van der Waals surface area contributed by atoms with E-state index in [1.165, 1.54) is 30.3 Å². The summed E-state index contributed by atoms with van der Waals surface area (Å²) in [7, 11) is 0. The van der Waals surface area contributed by atoms with E-state index in [4.69, 9.17) is 20.4 Å². The number of oxime groups is 1. The summed E-state index contributed by atoms with van der Waals surface area (Å²) in [5.41, 5.74) is 6.78. The van der Waals surface area contributed by atoms with Crippen LogP contribution >= 0.6 is 0 Å². The molecule has 0 saturated heterocycles. The Morgan fingerprint density at radius 2 is 1.75 bits per heavy atom. The Kier molecular flexibility index (Phi) is 10.2. The van der Waals surface area contributed by atoms with Gasteiger partial charge in [-0.15, -0.1) is 0 Å². The molecule has 0 aliphatic rings. The minimum Gasteiger partial charge on any atom is -0.487 e. The highest BCUT2D eigenvalue weighted by molar-refractivity contribution is 6.08. The third-order valence-electron chi connectivity index (χ3n) is 5.43. The van der Waals surface area contributed by atoms with Crippen molar-refractivity contribution in [1.29, 1.82) is 0 Å². The molecule has 13 heteroatoms. The molecule has 0 saturated carbocycles. The van der Waals surface area contributed by atoms with Crippen molar-refractivity contribution in [3.63, 3.8) is 0 Å². The summed E-state index contributed by atoms with van der Waals surface area (Å²) in [6, 6.07) is 10.6. The van der Waals surface area contributed by atoms with Gasteiger partial charge in [-0.25, -0.2) is 8.78 Å². The van der Waals surface area contributed by atoms with Crippen LogP contribution in [0.25, 0.3) is 0 Å². The van der Waals surface area contributed by atoms with Gasteiger partial charge in [0, 0.05) is 29.4 Å². The van der Waals surface area contributed by atoms with Gasteiger partial charge in [0.15, 0.2) is 35.3 Å². The summed E-state index contributed by atoms with van der Waals surface area (Å²) in [5.74, 6) is -2.98. The van der Waals surface area contributed by atoms with Crippen molar-refractivity contribution in [2.45, 2.75) is 39.4 Å². The zero-order valence-electron chi connectivity index (χ0n) is 21.7. The summed E-state index contributed by atoms with van der Waals surface area (Å²) in [6.45, 7) is 2.58. The number of halogens is 2. The van der Waals surface area contributed by atoms with E-state index < -0.39 is 30.4 Å². The molecule has 1 amide bonds. The number of benzene rings is 3. The van der Waals surface area contributed by atoms with Gasteiger partial charge < -0.3 is 46.4 Å². The number of rotatable bonds is 12. The third kappa shape index (κ3) is 7.79. The van der Waals surface area contributed by atoms with Crippen molar-refractivity contribution >= 4 is 23.1 Å². The largest absolute Gasteiger partial charge is 0.487 e. The van der Waals surface area contributed by atoms with Gasteiger partial charge in [0.1, 0.15) is 6.61 Å². The second-order valence-electron chi connectivity index (χ2n) is 8.88. The van der Waals surface area contributed by atoms with Crippen molar-refractivity contribution in [2.75, 3.05) is 17.2 Å².